The minimum atomic E-state index is -0.648. The topological polar surface area (TPSA) is 67.9 Å². The van der Waals surface area contributed by atoms with Crippen molar-refractivity contribution in [3.63, 3.8) is 0 Å². The minimum absolute atomic E-state index is 0.0322. The molecule has 0 heterocycles. The van der Waals surface area contributed by atoms with E-state index in [0.29, 0.717) is 5.75 Å². The van der Waals surface area contributed by atoms with E-state index < -0.39 is 6.04 Å². The molecule has 3 aromatic rings. The zero-order valence-electron chi connectivity index (χ0n) is 19.7. The van der Waals surface area contributed by atoms with E-state index in [-0.39, 0.29) is 31.0 Å². The van der Waals surface area contributed by atoms with Crippen LogP contribution in [0.2, 0.25) is 0 Å². The number of hydrogen-bond donors (Lipinski definition) is 1. The molecule has 0 bridgehead atoms. The van der Waals surface area contributed by atoms with Gasteiger partial charge >= 0.3 is 0 Å². The summed E-state index contributed by atoms with van der Waals surface area (Å²) in [7, 11) is 1.61. The molecule has 6 nitrogen and oxygen atoms in total. The average Bonchev–Trinajstić information content (AvgIpc) is 2.85. The number of carbonyl (C=O) groups is 2. The van der Waals surface area contributed by atoms with Gasteiger partial charge in [-0.05, 0) is 49.4 Å². The molecule has 0 aromatic heterocycles. The van der Waals surface area contributed by atoms with Crippen molar-refractivity contribution >= 4 is 22.6 Å². The van der Waals surface area contributed by atoms with Gasteiger partial charge in [0.15, 0.2) is 6.61 Å². The SMILES string of the molecule is CC[C@@H](C)NC(=O)[C@H](C)N(Cc1ccc(OC)cc1)C(=O)COc1cccc2ccccc12. The third-order valence-electron chi connectivity index (χ3n) is 5.78. The fraction of sp³-hybridized carbons (Fsp3) is 0.333. The van der Waals surface area contributed by atoms with Crippen LogP contribution in [-0.4, -0.2) is 42.5 Å². The molecule has 0 saturated carbocycles. The third kappa shape index (κ3) is 6.25. The Morgan fingerprint density at radius 3 is 2.36 bits per heavy atom. The molecule has 0 aliphatic carbocycles. The van der Waals surface area contributed by atoms with Gasteiger partial charge in [-0.3, -0.25) is 9.59 Å². The Hall–Kier alpha value is -3.54. The molecule has 0 radical (unpaired) electrons. The molecular weight excluding hydrogens is 416 g/mol. The van der Waals surface area contributed by atoms with Gasteiger partial charge in [-0.25, -0.2) is 0 Å². The van der Waals surface area contributed by atoms with Crippen LogP contribution in [0.5, 0.6) is 11.5 Å². The lowest BCUT2D eigenvalue weighted by atomic mass is 10.1. The lowest BCUT2D eigenvalue weighted by molar-refractivity contribution is -0.142. The Balaban J connectivity index is 1.78. The van der Waals surface area contributed by atoms with E-state index in [2.05, 4.69) is 5.32 Å². The molecule has 0 aliphatic heterocycles. The predicted octanol–water partition coefficient (Wildman–Crippen LogP) is 4.56. The lowest BCUT2D eigenvalue weighted by Gasteiger charge is -2.29. The van der Waals surface area contributed by atoms with E-state index in [0.717, 1.165) is 28.5 Å². The number of hydrogen-bond acceptors (Lipinski definition) is 4. The van der Waals surface area contributed by atoms with Gasteiger partial charge in [-0.15, -0.1) is 0 Å². The number of fused-ring (bicyclic) bond motifs is 1. The molecular formula is C27H32N2O4. The predicted molar refractivity (Wildman–Crippen MR) is 130 cm³/mol. The second-order valence-corrected chi connectivity index (χ2v) is 8.13. The van der Waals surface area contributed by atoms with Gasteiger partial charge in [-0.1, -0.05) is 55.5 Å². The maximum absolute atomic E-state index is 13.3. The zero-order chi connectivity index (χ0) is 23.8. The van der Waals surface area contributed by atoms with E-state index in [4.69, 9.17) is 9.47 Å². The van der Waals surface area contributed by atoms with Crippen LogP contribution in [0, 0.1) is 0 Å². The van der Waals surface area contributed by atoms with Gasteiger partial charge in [0, 0.05) is 18.0 Å². The Bertz CT molecular complexity index is 1080. The normalized spacial score (nSPS) is 12.6. The third-order valence-corrected chi connectivity index (χ3v) is 5.78. The van der Waals surface area contributed by atoms with Crippen LogP contribution in [0.25, 0.3) is 10.8 Å². The number of carbonyl (C=O) groups excluding carboxylic acids is 2. The van der Waals surface area contributed by atoms with Gasteiger partial charge in [0.2, 0.25) is 5.91 Å². The van der Waals surface area contributed by atoms with Gasteiger partial charge in [0.25, 0.3) is 5.91 Å². The maximum Gasteiger partial charge on any atom is 0.261 e. The number of benzene rings is 3. The molecule has 0 aliphatic rings. The lowest BCUT2D eigenvalue weighted by Crippen LogP contribution is -2.50. The van der Waals surface area contributed by atoms with E-state index in [9.17, 15) is 9.59 Å². The van der Waals surface area contributed by atoms with Gasteiger partial charge < -0.3 is 19.7 Å². The van der Waals surface area contributed by atoms with E-state index in [1.807, 2.05) is 80.6 Å². The van der Waals surface area contributed by atoms with Crippen LogP contribution in [0.15, 0.2) is 66.7 Å². The Morgan fingerprint density at radius 1 is 0.970 bits per heavy atom. The van der Waals surface area contributed by atoms with Crippen molar-refractivity contribution in [2.45, 2.75) is 45.8 Å². The average molecular weight is 449 g/mol. The van der Waals surface area contributed by atoms with Gasteiger partial charge in [0.05, 0.1) is 7.11 Å². The first kappa shape index (κ1) is 24.1. The van der Waals surface area contributed by atoms with Crippen molar-refractivity contribution in [3.05, 3.63) is 72.3 Å². The highest BCUT2D eigenvalue weighted by atomic mass is 16.5. The first-order valence-corrected chi connectivity index (χ1v) is 11.3. The summed E-state index contributed by atoms with van der Waals surface area (Å²) in [5.41, 5.74) is 0.900. The molecule has 0 unspecified atom stereocenters. The highest BCUT2D eigenvalue weighted by Gasteiger charge is 2.27. The molecule has 6 heteroatoms. The van der Waals surface area contributed by atoms with Gasteiger partial charge in [-0.2, -0.15) is 0 Å². The Morgan fingerprint density at radius 2 is 1.67 bits per heavy atom. The minimum Gasteiger partial charge on any atom is -0.497 e. The molecule has 1 N–H and O–H groups in total. The molecule has 0 spiro atoms. The number of methoxy groups -OCH3 is 1. The van der Waals surface area contributed by atoms with Crippen molar-refractivity contribution < 1.29 is 19.1 Å². The van der Waals surface area contributed by atoms with Gasteiger partial charge in [0.1, 0.15) is 17.5 Å². The number of nitrogens with one attached hydrogen (secondary N) is 1. The van der Waals surface area contributed by atoms with Crippen molar-refractivity contribution in [1.82, 2.24) is 10.2 Å². The van der Waals surface area contributed by atoms with Crippen molar-refractivity contribution in [3.8, 4) is 11.5 Å². The van der Waals surface area contributed by atoms with Crippen LogP contribution in [0.3, 0.4) is 0 Å². The second kappa shape index (κ2) is 11.4. The zero-order valence-corrected chi connectivity index (χ0v) is 19.7. The first-order chi connectivity index (χ1) is 15.9. The summed E-state index contributed by atoms with van der Waals surface area (Å²) in [6, 6.07) is 20.5. The van der Waals surface area contributed by atoms with E-state index in [1.165, 1.54) is 0 Å². The Labute approximate surface area is 195 Å². The second-order valence-electron chi connectivity index (χ2n) is 8.13. The van der Waals surface area contributed by atoms with Crippen LogP contribution in [0.1, 0.15) is 32.8 Å². The quantitative estimate of drug-likeness (QED) is 0.494. The Kier molecular flexibility index (Phi) is 8.30. The highest BCUT2D eigenvalue weighted by molar-refractivity contribution is 5.90. The molecule has 3 aromatic carbocycles. The molecule has 2 atom stereocenters. The summed E-state index contributed by atoms with van der Waals surface area (Å²) in [5, 5.41) is 4.96. The van der Waals surface area contributed by atoms with Crippen LogP contribution in [0.4, 0.5) is 0 Å². The number of rotatable bonds is 10. The largest absolute Gasteiger partial charge is 0.497 e. The fourth-order valence-corrected chi connectivity index (χ4v) is 3.52. The number of amides is 2. The fourth-order valence-electron chi connectivity index (χ4n) is 3.52. The summed E-state index contributed by atoms with van der Waals surface area (Å²) in [6.45, 7) is 5.83. The molecule has 3 rings (SSSR count). The number of ether oxygens (including phenoxy) is 2. The monoisotopic (exact) mass is 448 g/mol. The maximum atomic E-state index is 13.3. The summed E-state index contributed by atoms with van der Waals surface area (Å²) in [5.74, 6) is 0.933. The molecule has 0 fully saturated rings. The van der Waals surface area contributed by atoms with E-state index in [1.54, 1.807) is 18.9 Å². The molecule has 33 heavy (non-hydrogen) atoms. The van der Waals surface area contributed by atoms with E-state index >= 15 is 0 Å². The summed E-state index contributed by atoms with van der Waals surface area (Å²) < 4.78 is 11.1. The van der Waals surface area contributed by atoms with Crippen molar-refractivity contribution in [2.24, 2.45) is 0 Å². The number of nitrogens with zero attached hydrogens (tertiary/aromatic N) is 1. The smallest absolute Gasteiger partial charge is 0.261 e. The van der Waals surface area contributed by atoms with Crippen molar-refractivity contribution in [2.75, 3.05) is 13.7 Å². The summed E-state index contributed by atoms with van der Waals surface area (Å²) >= 11 is 0. The summed E-state index contributed by atoms with van der Waals surface area (Å²) in [6.07, 6.45) is 0.815. The highest BCUT2D eigenvalue weighted by Crippen LogP contribution is 2.25. The summed E-state index contributed by atoms with van der Waals surface area (Å²) in [4.78, 5) is 27.7. The first-order valence-electron chi connectivity index (χ1n) is 11.3. The standard InChI is InChI=1S/C27H32N2O4/c1-5-19(2)28-27(31)20(3)29(17-21-13-15-23(32-4)16-14-21)26(30)18-33-25-12-8-10-22-9-6-7-11-24(22)25/h6-16,19-20H,5,17-18H2,1-4H3,(H,28,31)/t19-,20+/m1/s1. The van der Waals surface area contributed by atoms with Crippen LogP contribution in [-0.2, 0) is 16.1 Å². The molecule has 0 saturated heterocycles. The molecule has 2 amide bonds. The van der Waals surface area contributed by atoms with Crippen LogP contribution < -0.4 is 14.8 Å². The van der Waals surface area contributed by atoms with Crippen molar-refractivity contribution in [1.29, 1.82) is 0 Å². The van der Waals surface area contributed by atoms with Crippen LogP contribution >= 0.6 is 0 Å². The molecule has 174 valence electrons.